The summed E-state index contributed by atoms with van der Waals surface area (Å²) in [6, 6.07) is 1.74. The van der Waals surface area contributed by atoms with E-state index in [1.165, 1.54) is 17.1 Å². The van der Waals surface area contributed by atoms with Gasteiger partial charge in [0.25, 0.3) is 0 Å². The zero-order chi connectivity index (χ0) is 13.0. The molecule has 0 aliphatic heterocycles. The number of aromatic nitrogens is 4. The molecular weight excluding hydrogens is 236 g/mol. The average Bonchev–Trinajstić information content (AvgIpc) is 2.78. The molecule has 1 N–H and O–H groups in total. The molecule has 2 aromatic heterocycles. The number of hydrogen-bond donors (Lipinski definition) is 1. The Labute approximate surface area is 103 Å². The molecule has 8 heteroatoms. The van der Waals surface area contributed by atoms with E-state index in [-0.39, 0.29) is 5.69 Å². The summed E-state index contributed by atoms with van der Waals surface area (Å²) in [5.41, 5.74) is 0.704. The van der Waals surface area contributed by atoms with Crippen molar-refractivity contribution in [2.45, 2.75) is 13.5 Å². The van der Waals surface area contributed by atoms with E-state index in [1.54, 1.807) is 12.3 Å². The highest BCUT2D eigenvalue weighted by molar-refractivity contribution is 5.25. The van der Waals surface area contributed by atoms with Crippen LogP contribution in [0.2, 0.25) is 0 Å². The molecule has 94 valence electrons. The van der Waals surface area contributed by atoms with Gasteiger partial charge in [0.1, 0.15) is 12.4 Å². The first-order valence-corrected chi connectivity index (χ1v) is 5.41. The molecule has 8 nitrogen and oxygen atoms in total. The molecule has 0 aliphatic carbocycles. The van der Waals surface area contributed by atoms with Crippen molar-refractivity contribution in [2.24, 2.45) is 0 Å². The first-order chi connectivity index (χ1) is 8.69. The molecular formula is C10H12N6O2. The fourth-order valence-electron chi connectivity index (χ4n) is 1.43. The lowest BCUT2D eigenvalue weighted by atomic mass is 10.4. The minimum Gasteiger partial charge on any atom is -0.354 e. The summed E-state index contributed by atoms with van der Waals surface area (Å²) in [5.74, 6) is 0.539. The summed E-state index contributed by atoms with van der Waals surface area (Å²) in [7, 11) is 0. The molecule has 0 aliphatic rings. The third-order valence-corrected chi connectivity index (χ3v) is 2.20. The second-order valence-electron chi connectivity index (χ2n) is 3.56. The third-order valence-electron chi connectivity index (χ3n) is 2.20. The van der Waals surface area contributed by atoms with Crippen LogP contribution in [0.1, 0.15) is 12.6 Å². The number of nitro groups is 1. The van der Waals surface area contributed by atoms with Crippen LogP contribution in [0.15, 0.2) is 24.7 Å². The van der Waals surface area contributed by atoms with Gasteiger partial charge in [-0.3, -0.25) is 14.8 Å². The fraction of sp³-hybridized carbons (Fsp3) is 0.300. The highest BCUT2D eigenvalue weighted by atomic mass is 16.6. The summed E-state index contributed by atoms with van der Waals surface area (Å²) in [6.07, 6.45) is 4.22. The zero-order valence-electron chi connectivity index (χ0n) is 9.78. The van der Waals surface area contributed by atoms with Gasteiger partial charge >= 0.3 is 5.69 Å². The van der Waals surface area contributed by atoms with Crippen LogP contribution in [-0.4, -0.2) is 31.2 Å². The minimum absolute atomic E-state index is 0.0315. The first-order valence-electron chi connectivity index (χ1n) is 5.41. The lowest BCUT2D eigenvalue weighted by molar-refractivity contribution is -0.385. The Morgan fingerprint density at radius 3 is 3.06 bits per heavy atom. The van der Waals surface area contributed by atoms with E-state index < -0.39 is 4.92 Å². The molecule has 0 radical (unpaired) electrons. The predicted octanol–water partition coefficient (Wildman–Crippen LogP) is 1.06. The summed E-state index contributed by atoms with van der Waals surface area (Å²) in [6.45, 7) is 3.05. The van der Waals surface area contributed by atoms with Gasteiger partial charge in [-0.15, -0.1) is 0 Å². The number of anilines is 1. The molecule has 18 heavy (non-hydrogen) atoms. The summed E-state index contributed by atoms with van der Waals surface area (Å²) >= 11 is 0. The Balaban J connectivity index is 2.12. The van der Waals surface area contributed by atoms with Crippen molar-refractivity contribution in [3.8, 4) is 0 Å². The molecule has 2 aromatic rings. The lowest BCUT2D eigenvalue weighted by Crippen LogP contribution is -2.07. The highest BCUT2D eigenvalue weighted by Crippen LogP contribution is 2.09. The zero-order valence-corrected chi connectivity index (χ0v) is 9.78. The Hall–Kier alpha value is -2.51. The van der Waals surface area contributed by atoms with Crippen LogP contribution in [0, 0.1) is 10.1 Å². The number of nitrogens with one attached hydrogen (secondary N) is 1. The molecule has 2 heterocycles. The van der Waals surface area contributed by atoms with E-state index in [0.29, 0.717) is 12.5 Å². The third kappa shape index (κ3) is 2.78. The van der Waals surface area contributed by atoms with Crippen LogP contribution in [0.5, 0.6) is 0 Å². The second-order valence-corrected chi connectivity index (χ2v) is 3.56. The van der Waals surface area contributed by atoms with Crippen LogP contribution < -0.4 is 5.32 Å². The maximum Gasteiger partial charge on any atom is 0.307 e. The van der Waals surface area contributed by atoms with Gasteiger partial charge in [-0.25, -0.2) is 9.97 Å². The lowest BCUT2D eigenvalue weighted by Gasteiger charge is -2.04. The van der Waals surface area contributed by atoms with Crippen molar-refractivity contribution < 1.29 is 4.92 Å². The van der Waals surface area contributed by atoms with Gasteiger partial charge in [-0.2, -0.15) is 5.10 Å². The standard InChI is InChI=1S/C10H12N6O2/c1-2-11-10-12-4-3-8(14-10)6-15-7-9(5-13-15)16(17)18/h3-5,7H,2,6H2,1H3,(H,11,12,14). The van der Waals surface area contributed by atoms with Crippen molar-refractivity contribution in [1.82, 2.24) is 19.7 Å². The second kappa shape index (κ2) is 5.21. The van der Waals surface area contributed by atoms with Gasteiger partial charge < -0.3 is 5.32 Å². The SMILES string of the molecule is CCNc1nccc(Cn2cc([N+](=O)[O-])cn2)n1. The monoisotopic (exact) mass is 248 g/mol. The Morgan fingerprint density at radius 1 is 1.56 bits per heavy atom. The van der Waals surface area contributed by atoms with Crippen molar-refractivity contribution in [2.75, 3.05) is 11.9 Å². The molecule has 0 fully saturated rings. The molecule has 0 saturated heterocycles. The molecule has 0 amide bonds. The first kappa shape index (κ1) is 12.0. The maximum absolute atomic E-state index is 10.5. The van der Waals surface area contributed by atoms with E-state index in [2.05, 4.69) is 20.4 Å². The predicted molar refractivity (Wildman–Crippen MR) is 64.2 cm³/mol. The fourth-order valence-corrected chi connectivity index (χ4v) is 1.43. The number of hydrogen-bond acceptors (Lipinski definition) is 6. The Kier molecular flexibility index (Phi) is 3.46. The molecule has 0 aromatic carbocycles. The van der Waals surface area contributed by atoms with Gasteiger partial charge in [-0.1, -0.05) is 0 Å². The molecule has 0 saturated carbocycles. The smallest absolute Gasteiger partial charge is 0.307 e. The van der Waals surface area contributed by atoms with E-state index in [9.17, 15) is 10.1 Å². The maximum atomic E-state index is 10.5. The topological polar surface area (TPSA) is 98.8 Å². The van der Waals surface area contributed by atoms with Crippen molar-refractivity contribution in [3.63, 3.8) is 0 Å². The minimum atomic E-state index is -0.479. The molecule has 0 atom stereocenters. The molecule has 0 bridgehead atoms. The summed E-state index contributed by atoms with van der Waals surface area (Å²) in [4.78, 5) is 18.3. The normalized spacial score (nSPS) is 10.3. The van der Waals surface area contributed by atoms with E-state index in [1.807, 2.05) is 6.92 Å². The van der Waals surface area contributed by atoms with Crippen LogP contribution in [-0.2, 0) is 6.54 Å². The van der Waals surface area contributed by atoms with Gasteiger partial charge in [0.05, 0.1) is 17.2 Å². The van der Waals surface area contributed by atoms with Gasteiger partial charge in [-0.05, 0) is 13.0 Å². The van der Waals surface area contributed by atoms with E-state index in [0.717, 1.165) is 12.2 Å². The van der Waals surface area contributed by atoms with Crippen LogP contribution in [0.4, 0.5) is 11.6 Å². The van der Waals surface area contributed by atoms with Crippen molar-refractivity contribution in [3.05, 3.63) is 40.5 Å². The van der Waals surface area contributed by atoms with Gasteiger partial charge in [0.15, 0.2) is 0 Å². The number of nitrogens with zero attached hydrogens (tertiary/aromatic N) is 5. The average molecular weight is 248 g/mol. The number of rotatable bonds is 5. The quantitative estimate of drug-likeness (QED) is 0.627. The summed E-state index contributed by atoms with van der Waals surface area (Å²) < 4.78 is 1.47. The largest absolute Gasteiger partial charge is 0.354 e. The molecule has 0 unspecified atom stereocenters. The molecule has 0 spiro atoms. The van der Waals surface area contributed by atoms with Crippen LogP contribution >= 0.6 is 0 Å². The van der Waals surface area contributed by atoms with Crippen LogP contribution in [0.3, 0.4) is 0 Å². The van der Waals surface area contributed by atoms with Crippen molar-refractivity contribution in [1.29, 1.82) is 0 Å². The van der Waals surface area contributed by atoms with E-state index >= 15 is 0 Å². The Morgan fingerprint density at radius 2 is 2.39 bits per heavy atom. The van der Waals surface area contributed by atoms with Gasteiger partial charge in [0.2, 0.25) is 5.95 Å². The van der Waals surface area contributed by atoms with Gasteiger partial charge in [0, 0.05) is 12.7 Å². The van der Waals surface area contributed by atoms with E-state index in [4.69, 9.17) is 0 Å². The van der Waals surface area contributed by atoms with Crippen molar-refractivity contribution >= 4 is 11.6 Å². The Bertz CT molecular complexity index is 553. The summed E-state index contributed by atoms with van der Waals surface area (Å²) in [5, 5.41) is 17.4. The molecule has 2 rings (SSSR count). The highest BCUT2D eigenvalue weighted by Gasteiger charge is 2.09. The van der Waals surface area contributed by atoms with Crippen LogP contribution in [0.25, 0.3) is 0 Å².